The van der Waals surface area contributed by atoms with Gasteiger partial charge in [0, 0.05) is 12.4 Å². The summed E-state index contributed by atoms with van der Waals surface area (Å²) in [5, 5.41) is 13.0. The molecular formula is C20H12F3N5O4. The van der Waals surface area contributed by atoms with E-state index in [0.717, 1.165) is 16.8 Å². The van der Waals surface area contributed by atoms with Gasteiger partial charge in [-0.3, -0.25) is 0 Å². The third-order valence-corrected chi connectivity index (χ3v) is 4.18. The van der Waals surface area contributed by atoms with E-state index >= 15 is 0 Å². The van der Waals surface area contributed by atoms with Crippen LogP contribution in [-0.4, -0.2) is 43.3 Å². The highest BCUT2D eigenvalue weighted by Gasteiger charge is 2.43. The zero-order valence-corrected chi connectivity index (χ0v) is 15.9. The first-order valence-electron chi connectivity index (χ1n) is 8.94. The maximum Gasteiger partial charge on any atom is 0.491 e. The van der Waals surface area contributed by atoms with Crippen LogP contribution >= 0.6 is 0 Å². The number of nitrogens with one attached hydrogen (secondary N) is 1. The molecule has 0 radical (unpaired) electrons. The van der Waals surface area contributed by atoms with Gasteiger partial charge in [0.2, 0.25) is 5.69 Å². The number of carbonyl (C=O) groups excluding carboxylic acids is 2. The lowest BCUT2D eigenvalue weighted by Crippen LogP contribution is -2.28. The zero-order chi connectivity index (χ0) is 22.7. The molecule has 0 saturated carbocycles. The molecule has 0 fully saturated rings. The van der Waals surface area contributed by atoms with Gasteiger partial charge in [-0.25, -0.2) is 19.4 Å². The summed E-state index contributed by atoms with van der Waals surface area (Å²) in [7, 11) is 0. The fraction of sp³-hybridized carbons (Fsp3) is 0.0500. The molecule has 9 nitrogen and oxygen atoms in total. The second kappa shape index (κ2) is 8.34. The van der Waals surface area contributed by atoms with Crippen molar-refractivity contribution < 1.29 is 32.2 Å². The Morgan fingerprint density at radius 3 is 2.22 bits per heavy atom. The van der Waals surface area contributed by atoms with Crippen molar-refractivity contribution in [2.45, 2.75) is 6.18 Å². The number of carbonyl (C=O) groups is 2. The van der Waals surface area contributed by atoms with Crippen LogP contribution in [0.4, 0.5) is 13.2 Å². The normalized spacial score (nSPS) is 11.2. The van der Waals surface area contributed by atoms with Gasteiger partial charge in [-0.2, -0.15) is 18.3 Å². The van der Waals surface area contributed by atoms with Crippen LogP contribution in [0.3, 0.4) is 0 Å². The highest BCUT2D eigenvalue weighted by Crippen LogP contribution is 2.27. The first-order valence-corrected chi connectivity index (χ1v) is 8.94. The molecule has 2 aromatic heterocycles. The number of H-pyrrole nitrogens is 1. The van der Waals surface area contributed by atoms with Crippen molar-refractivity contribution in [2.75, 3.05) is 0 Å². The van der Waals surface area contributed by atoms with E-state index in [-0.39, 0.29) is 5.75 Å². The molecule has 162 valence electrons. The minimum atomic E-state index is -5.32. The van der Waals surface area contributed by atoms with Gasteiger partial charge in [0.05, 0.1) is 5.69 Å². The summed E-state index contributed by atoms with van der Waals surface area (Å²) in [4.78, 5) is 22.6. The van der Waals surface area contributed by atoms with Gasteiger partial charge in [-0.1, -0.05) is 34.6 Å². The molecule has 4 aromatic rings. The van der Waals surface area contributed by atoms with Crippen LogP contribution in [0.2, 0.25) is 0 Å². The average molecular weight is 443 g/mol. The lowest BCUT2D eigenvalue weighted by Gasteiger charge is -2.08. The molecule has 1 N–H and O–H groups in total. The summed E-state index contributed by atoms with van der Waals surface area (Å²) in [6, 6.07) is 16.1. The standard InChI is InChI=1S/C20H12F3N5O4/c21-20(22,23)19(30)32-18(29)16-17(26-27-25-16)31-15-8-4-13(5-9-15)12-2-6-14(7-3-12)28-11-1-10-24-28/h1-11H,(H,25,26,27). The molecule has 12 heteroatoms. The summed E-state index contributed by atoms with van der Waals surface area (Å²) in [6.07, 6.45) is -1.81. The molecule has 0 saturated heterocycles. The van der Waals surface area contributed by atoms with Crippen molar-refractivity contribution in [3.8, 4) is 28.4 Å². The Morgan fingerprint density at radius 1 is 0.969 bits per heavy atom. The van der Waals surface area contributed by atoms with E-state index in [1.807, 2.05) is 41.6 Å². The number of halogens is 3. The van der Waals surface area contributed by atoms with Crippen molar-refractivity contribution in [1.82, 2.24) is 25.2 Å². The lowest BCUT2D eigenvalue weighted by molar-refractivity contribution is -0.193. The minimum absolute atomic E-state index is 0.229. The second-order valence-electron chi connectivity index (χ2n) is 6.29. The largest absolute Gasteiger partial charge is 0.491 e. The monoisotopic (exact) mass is 443 g/mol. The van der Waals surface area contributed by atoms with Gasteiger partial charge in [0.1, 0.15) is 5.75 Å². The van der Waals surface area contributed by atoms with Crippen LogP contribution < -0.4 is 4.74 Å². The maximum atomic E-state index is 12.3. The predicted molar refractivity (Wildman–Crippen MR) is 102 cm³/mol. The smallest absolute Gasteiger partial charge is 0.436 e. The third kappa shape index (κ3) is 4.48. The fourth-order valence-corrected chi connectivity index (χ4v) is 2.67. The Morgan fingerprint density at radius 2 is 1.62 bits per heavy atom. The van der Waals surface area contributed by atoms with E-state index in [4.69, 9.17) is 4.74 Å². The predicted octanol–water partition coefficient (Wildman–Crippen LogP) is 3.70. The van der Waals surface area contributed by atoms with Crippen LogP contribution in [0, 0.1) is 0 Å². The Bertz CT molecular complexity index is 1230. The summed E-state index contributed by atoms with van der Waals surface area (Å²) >= 11 is 0. The minimum Gasteiger partial charge on any atom is -0.436 e. The van der Waals surface area contributed by atoms with Crippen molar-refractivity contribution in [2.24, 2.45) is 0 Å². The number of aromatic nitrogens is 5. The second-order valence-corrected chi connectivity index (χ2v) is 6.29. The number of nitrogens with zero attached hydrogens (tertiary/aromatic N) is 4. The molecule has 0 bridgehead atoms. The topological polar surface area (TPSA) is 112 Å². The van der Waals surface area contributed by atoms with Crippen LogP contribution in [0.5, 0.6) is 11.6 Å². The van der Waals surface area contributed by atoms with Gasteiger partial charge in [-0.05, 0) is 41.5 Å². The van der Waals surface area contributed by atoms with Crippen LogP contribution in [0.15, 0.2) is 67.0 Å². The van der Waals surface area contributed by atoms with Crippen LogP contribution in [-0.2, 0) is 9.53 Å². The number of benzene rings is 2. The molecule has 32 heavy (non-hydrogen) atoms. The van der Waals surface area contributed by atoms with Crippen molar-refractivity contribution in [3.05, 3.63) is 72.7 Å². The van der Waals surface area contributed by atoms with Crippen LogP contribution in [0.1, 0.15) is 10.5 Å². The quantitative estimate of drug-likeness (QED) is 0.370. The maximum absolute atomic E-state index is 12.3. The number of rotatable bonds is 5. The Balaban J connectivity index is 1.45. The van der Waals surface area contributed by atoms with E-state index in [2.05, 4.69) is 20.1 Å². The highest BCUT2D eigenvalue weighted by molar-refractivity contribution is 5.98. The summed E-state index contributed by atoms with van der Waals surface area (Å²) in [5.74, 6) is -4.50. The molecule has 2 heterocycles. The zero-order valence-electron chi connectivity index (χ0n) is 15.9. The number of hydrogen-bond acceptors (Lipinski definition) is 7. The van der Waals surface area contributed by atoms with E-state index < -0.39 is 29.7 Å². The number of alkyl halides is 3. The Hall–Kier alpha value is -4.48. The fourth-order valence-electron chi connectivity index (χ4n) is 2.67. The average Bonchev–Trinajstić information content (AvgIpc) is 3.46. The van der Waals surface area contributed by atoms with E-state index in [9.17, 15) is 22.8 Å². The Kier molecular flexibility index (Phi) is 5.41. The van der Waals surface area contributed by atoms with Gasteiger partial charge in [-0.15, -0.1) is 0 Å². The molecule has 0 unspecified atom stereocenters. The number of aromatic amines is 1. The summed E-state index contributed by atoms with van der Waals surface area (Å²) in [5.41, 5.74) is 2.04. The highest BCUT2D eigenvalue weighted by atomic mass is 19.4. The molecule has 2 aromatic carbocycles. The van der Waals surface area contributed by atoms with Crippen molar-refractivity contribution in [3.63, 3.8) is 0 Å². The van der Waals surface area contributed by atoms with Gasteiger partial charge in [0.15, 0.2) is 0 Å². The number of ether oxygens (including phenoxy) is 2. The SMILES string of the molecule is O=C(OC(=O)C(F)(F)F)c1[nH]nnc1Oc1ccc(-c2ccc(-n3cccn3)cc2)cc1. The molecular weight excluding hydrogens is 431 g/mol. The molecule has 0 aliphatic heterocycles. The van der Waals surface area contributed by atoms with E-state index in [0.29, 0.717) is 0 Å². The molecule has 0 spiro atoms. The number of hydrogen-bond donors (Lipinski definition) is 1. The first-order chi connectivity index (χ1) is 15.3. The van der Waals surface area contributed by atoms with Gasteiger partial charge in [0.25, 0.3) is 5.88 Å². The molecule has 0 aliphatic rings. The molecule has 0 aliphatic carbocycles. The summed E-state index contributed by atoms with van der Waals surface area (Å²) < 4.78 is 47.7. The van der Waals surface area contributed by atoms with Crippen LogP contribution in [0.25, 0.3) is 16.8 Å². The van der Waals surface area contributed by atoms with Gasteiger partial charge >= 0.3 is 18.1 Å². The van der Waals surface area contributed by atoms with Crippen molar-refractivity contribution in [1.29, 1.82) is 0 Å². The Labute approximate surface area is 177 Å². The first kappa shape index (κ1) is 20.8. The third-order valence-electron chi connectivity index (χ3n) is 4.18. The van der Waals surface area contributed by atoms with Gasteiger partial charge < -0.3 is 9.47 Å². The molecule has 0 amide bonds. The number of esters is 2. The molecule has 4 rings (SSSR count). The molecule has 0 atom stereocenters. The van der Waals surface area contributed by atoms with E-state index in [1.54, 1.807) is 35.1 Å². The summed E-state index contributed by atoms with van der Waals surface area (Å²) in [6.45, 7) is 0. The van der Waals surface area contributed by atoms with E-state index in [1.165, 1.54) is 0 Å². The lowest BCUT2D eigenvalue weighted by atomic mass is 10.1. The van der Waals surface area contributed by atoms with Crippen molar-refractivity contribution >= 4 is 11.9 Å².